The second-order valence-electron chi connectivity index (χ2n) is 6.93. The molecule has 0 aliphatic carbocycles. The Morgan fingerprint density at radius 2 is 2.04 bits per heavy atom. The third-order valence-corrected chi connectivity index (χ3v) is 4.90. The molecule has 2 atom stereocenters. The molecule has 2 aromatic rings. The maximum absolute atomic E-state index is 13.4. The van der Waals surface area contributed by atoms with E-state index in [2.05, 4.69) is 10.6 Å². The lowest BCUT2D eigenvalue weighted by atomic mass is 9.89. The van der Waals surface area contributed by atoms with Crippen LogP contribution >= 0.6 is 0 Å². The number of aryl methyl sites for hydroxylation is 1. The van der Waals surface area contributed by atoms with Gasteiger partial charge in [-0.2, -0.15) is 0 Å². The highest BCUT2D eigenvalue weighted by Gasteiger charge is 2.27. The first-order chi connectivity index (χ1) is 13.3. The van der Waals surface area contributed by atoms with E-state index < -0.39 is 23.7 Å². The number of hydrogen-bond donors (Lipinski definition) is 3. The molecule has 0 radical (unpaired) electrons. The van der Waals surface area contributed by atoms with Gasteiger partial charge in [0.1, 0.15) is 5.82 Å². The summed E-state index contributed by atoms with van der Waals surface area (Å²) < 4.78 is 13.4. The number of para-hydroxylation sites is 1. The highest BCUT2D eigenvalue weighted by atomic mass is 19.1. The molecule has 0 bridgehead atoms. The number of hydrogen-bond acceptors (Lipinski definition) is 3. The molecule has 6 nitrogen and oxygen atoms in total. The zero-order chi connectivity index (χ0) is 20.3. The van der Waals surface area contributed by atoms with Crippen LogP contribution < -0.4 is 10.6 Å². The number of amides is 2. The van der Waals surface area contributed by atoms with Crippen LogP contribution in [0.25, 0.3) is 0 Å². The number of carbonyl (C=O) groups excluding carboxylic acids is 2. The molecule has 2 unspecified atom stereocenters. The molecule has 7 heteroatoms. The number of fused-ring (bicyclic) bond motifs is 1. The van der Waals surface area contributed by atoms with Crippen molar-refractivity contribution in [1.82, 2.24) is 5.32 Å². The van der Waals surface area contributed by atoms with Gasteiger partial charge in [-0.3, -0.25) is 9.59 Å². The van der Waals surface area contributed by atoms with Crippen molar-refractivity contribution in [2.24, 2.45) is 5.92 Å². The second kappa shape index (κ2) is 8.21. The smallest absolute Gasteiger partial charge is 0.330 e. The first-order valence-electron chi connectivity index (χ1n) is 9.02. The van der Waals surface area contributed by atoms with Crippen molar-refractivity contribution < 1.29 is 23.9 Å². The quantitative estimate of drug-likeness (QED) is 0.714. The van der Waals surface area contributed by atoms with Gasteiger partial charge in [-0.05, 0) is 48.6 Å². The van der Waals surface area contributed by atoms with Crippen LogP contribution in [0.2, 0.25) is 0 Å². The Kier molecular flexibility index (Phi) is 5.73. The molecule has 1 aliphatic rings. The minimum absolute atomic E-state index is 0.0181. The van der Waals surface area contributed by atoms with Crippen molar-refractivity contribution in [3.8, 4) is 0 Å². The van der Waals surface area contributed by atoms with Crippen molar-refractivity contribution in [2.75, 3.05) is 5.32 Å². The van der Waals surface area contributed by atoms with Crippen LogP contribution in [-0.2, 0) is 20.8 Å². The van der Waals surface area contributed by atoms with Crippen LogP contribution in [0.15, 0.2) is 42.5 Å². The van der Waals surface area contributed by atoms with E-state index in [4.69, 9.17) is 0 Å². The van der Waals surface area contributed by atoms with Crippen molar-refractivity contribution in [3.63, 3.8) is 0 Å². The number of carboxylic acid groups (broad SMARTS) is 1. The SMILES string of the molecule is Cc1cc(C(NC(=O)CCC2Cc3ccccc3NC2=O)C(=O)O)ccc1F. The van der Waals surface area contributed by atoms with Gasteiger partial charge in [0.25, 0.3) is 0 Å². The zero-order valence-corrected chi connectivity index (χ0v) is 15.4. The van der Waals surface area contributed by atoms with E-state index in [0.29, 0.717) is 24.0 Å². The van der Waals surface area contributed by atoms with Crippen LogP contribution in [0.1, 0.15) is 35.6 Å². The van der Waals surface area contributed by atoms with Gasteiger partial charge in [-0.1, -0.05) is 30.3 Å². The Hall–Kier alpha value is -3.22. The molecular formula is C21H21FN2O4. The van der Waals surface area contributed by atoms with Crippen LogP contribution in [0.3, 0.4) is 0 Å². The van der Waals surface area contributed by atoms with Crippen LogP contribution in [0.4, 0.5) is 10.1 Å². The third kappa shape index (κ3) is 4.36. The Bertz CT molecular complexity index is 928. The molecule has 2 amide bonds. The topological polar surface area (TPSA) is 95.5 Å². The number of rotatable bonds is 6. The molecule has 1 aliphatic heterocycles. The minimum atomic E-state index is -1.27. The first-order valence-corrected chi connectivity index (χ1v) is 9.02. The van der Waals surface area contributed by atoms with Gasteiger partial charge in [0.05, 0.1) is 0 Å². The third-order valence-electron chi connectivity index (χ3n) is 4.90. The van der Waals surface area contributed by atoms with Gasteiger partial charge < -0.3 is 15.7 Å². The monoisotopic (exact) mass is 384 g/mol. The number of halogens is 1. The van der Waals surface area contributed by atoms with Crippen molar-refractivity contribution in [1.29, 1.82) is 0 Å². The molecule has 0 saturated heterocycles. The summed E-state index contributed by atoms with van der Waals surface area (Å²) in [5.41, 5.74) is 2.39. The van der Waals surface area contributed by atoms with E-state index in [-0.39, 0.29) is 18.2 Å². The number of anilines is 1. The largest absolute Gasteiger partial charge is 0.479 e. The van der Waals surface area contributed by atoms with E-state index in [0.717, 1.165) is 11.3 Å². The number of benzene rings is 2. The second-order valence-corrected chi connectivity index (χ2v) is 6.93. The fraction of sp³-hybridized carbons (Fsp3) is 0.286. The van der Waals surface area contributed by atoms with Gasteiger partial charge in [0.15, 0.2) is 6.04 Å². The Labute approximate surface area is 161 Å². The lowest BCUT2D eigenvalue weighted by Gasteiger charge is -2.24. The summed E-state index contributed by atoms with van der Waals surface area (Å²) in [6.45, 7) is 1.53. The first kappa shape index (κ1) is 19.5. The number of aliphatic carboxylic acids is 1. The predicted octanol–water partition coefficient (Wildman–Crippen LogP) is 2.97. The molecular weight excluding hydrogens is 363 g/mol. The Balaban J connectivity index is 1.62. The molecule has 0 spiro atoms. The summed E-state index contributed by atoms with van der Waals surface area (Å²) in [6.07, 6.45) is 0.861. The molecule has 3 rings (SSSR count). The predicted molar refractivity (Wildman–Crippen MR) is 101 cm³/mol. The summed E-state index contributed by atoms with van der Waals surface area (Å²) in [4.78, 5) is 36.1. The van der Waals surface area contributed by atoms with Crippen molar-refractivity contribution in [2.45, 2.75) is 32.2 Å². The molecule has 2 aromatic carbocycles. The van der Waals surface area contributed by atoms with Gasteiger partial charge in [0, 0.05) is 18.0 Å². The molecule has 0 fully saturated rings. The van der Waals surface area contributed by atoms with Gasteiger partial charge in [-0.25, -0.2) is 9.18 Å². The van der Waals surface area contributed by atoms with Gasteiger partial charge >= 0.3 is 5.97 Å². The maximum atomic E-state index is 13.4. The van der Waals surface area contributed by atoms with E-state index in [1.165, 1.54) is 25.1 Å². The number of carbonyl (C=O) groups is 3. The molecule has 146 valence electrons. The zero-order valence-electron chi connectivity index (χ0n) is 15.4. The van der Waals surface area contributed by atoms with Gasteiger partial charge in [0.2, 0.25) is 11.8 Å². The van der Waals surface area contributed by atoms with E-state index in [1.54, 1.807) is 0 Å². The number of nitrogens with one attached hydrogen (secondary N) is 2. The summed E-state index contributed by atoms with van der Waals surface area (Å²) >= 11 is 0. The fourth-order valence-electron chi connectivity index (χ4n) is 3.32. The molecule has 3 N–H and O–H groups in total. The highest BCUT2D eigenvalue weighted by Crippen LogP contribution is 2.27. The summed E-state index contributed by atoms with van der Waals surface area (Å²) in [5.74, 6) is -2.64. The molecule has 0 aromatic heterocycles. The maximum Gasteiger partial charge on any atom is 0.330 e. The van der Waals surface area contributed by atoms with Crippen LogP contribution in [-0.4, -0.2) is 22.9 Å². The van der Waals surface area contributed by atoms with E-state index in [9.17, 15) is 23.9 Å². The minimum Gasteiger partial charge on any atom is -0.479 e. The summed E-state index contributed by atoms with van der Waals surface area (Å²) in [6, 6.07) is 10.1. The average Bonchev–Trinajstić information content (AvgIpc) is 2.66. The standard InChI is InChI=1S/C21H21FN2O4/c1-12-10-14(6-8-16(12)22)19(21(27)28)24-18(25)9-7-15-11-13-4-2-3-5-17(13)23-20(15)26/h2-6,8,10,15,19H,7,9,11H2,1H3,(H,23,26)(H,24,25)(H,27,28). The van der Waals surface area contributed by atoms with Crippen LogP contribution in [0, 0.1) is 18.7 Å². The Morgan fingerprint density at radius 3 is 2.75 bits per heavy atom. The fourth-order valence-corrected chi connectivity index (χ4v) is 3.32. The van der Waals surface area contributed by atoms with Crippen LogP contribution in [0.5, 0.6) is 0 Å². The van der Waals surface area contributed by atoms with E-state index in [1.807, 2.05) is 24.3 Å². The van der Waals surface area contributed by atoms with Crippen molar-refractivity contribution in [3.05, 3.63) is 65.0 Å². The lowest BCUT2D eigenvalue weighted by molar-refractivity contribution is -0.142. The van der Waals surface area contributed by atoms with E-state index >= 15 is 0 Å². The summed E-state index contributed by atoms with van der Waals surface area (Å²) in [5, 5.41) is 14.7. The normalized spacial score (nSPS) is 16.6. The number of carboxylic acids is 1. The van der Waals surface area contributed by atoms with Gasteiger partial charge in [-0.15, -0.1) is 0 Å². The lowest BCUT2D eigenvalue weighted by Crippen LogP contribution is -2.35. The summed E-state index contributed by atoms with van der Waals surface area (Å²) in [7, 11) is 0. The average molecular weight is 384 g/mol. The highest BCUT2D eigenvalue weighted by molar-refractivity contribution is 5.96. The molecule has 0 saturated carbocycles. The molecule has 28 heavy (non-hydrogen) atoms. The molecule has 1 heterocycles. The van der Waals surface area contributed by atoms with Crippen molar-refractivity contribution >= 4 is 23.5 Å². The Morgan fingerprint density at radius 1 is 1.29 bits per heavy atom.